The van der Waals surface area contributed by atoms with E-state index in [2.05, 4.69) is 24.3 Å². The summed E-state index contributed by atoms with van der Waals surface area (Å²) in [5.74, 6) is 0.872. The summed E-state index contributed by atoms with van der Waals surface area (Å²) in [5, 5.41) is 2.52. The van der Waals surface area contributed by atoms with Gasteiger partial charge in [0, 0.05) is 5.56 Å². The second-order valence-electron chi connectivity index (χ2n) is 4.50. The smallest absolute Gasteiger partial charge is 0.150 e. The van der Waals surface area contributed by atoms with Crippen molar-refractivity contribution in [3.63, 3.8) is 0 Å². The summed E-state index contributed by atoms with van der Waals surface area (Å²) < 4.78 is 5.15. The van der Waals surface area contributed by atoms with Crippen molar-refractivity contribution in [2.75, 3.05) is 7.11 Å². The van der Waals surface area contributed by atoms with Gasteiger partial charge in [-0.1, -0.05) is 32.8 Å². The lowest BCUT2D eigenvalue weighted by molar-refractivity contribution is 0.112. The number of methoxy groups -OCH3 is 1. The Morgan fingerprint density at radius 2 is 1.58 bits per heavy atom. The fraction of sp³-hybridized carbons (Fsp3) is 0.188. The number of aldehydes is 1. The average Bonchev–Trinajstić information content (AvgIpc) is 2.39. The molecule has 2 aromatic carbocycles. The second kappa shape index (κ2) is 5.99. The fourth-order valence-corrected chi connectivity index (χ4v) is 3.32. The zero-order valence-electron chi connectivity index (χ0n) is 11.4. The monoisotopic (exact) mass is 272 g/mol. The van der Waals surface area contributed by atoms with E-state index in [0.717, 1.165) is 28.7 Å². The van der Waals surface area contributed by atoms with Gasteiger partial charge in [-0.3, -0.25) is 4.79 Å². The van der Waals surface area contributed by atoms with E-state index >= 15 is 0 Å². The van der Waals surface area contributed by atoms with E-state index in [9.17, 15) is 4.79 Å². The third kappa shape index (κ3) is 3.21. The first-order valence-electron chi connectivity index (χ1n) is 6.11. The molecule has 0 amide bonds. The molecule has 2 aromatic rings. The minimum atomic E-state index is 0.594. The molecule has 0 saturated carbocycles. The van der Waals surface area contributed by atoms with Gasteiger partial charge < -0.3 is 4.74 Å². The third-order valence-corrected chi connectivity index (χ3v) is 4.29. The maximum absolute atomic E-state index is 11.0. The number of ether oxygens (including phenoxy) is 1. The van der Waals surface area contributed by atoms with Crippen molar-refractivity contribution in [1.82, 2.24) is 0 Å². The van der Waals surface area contributed by atoms with Gasteiger partial charge in [-0.05, 0) is 47.7 Å². The van der Waals surface area contributed by atoms with Crippen molar-refractivity contribution in [3.8, 4) is 5.75 Å². The molecule has 0 aliphatic rings. The quantitative estimate of drug-likeness (QED) is 0.632. The molecule has 19 heavy (non-hydrogen) atoms. The number of hydrogen-bond donors (Lipinski definition) is 0. The van der Waals surface area contributed by atoms with Gasteiger partial charge in [0.2, 0.25) is 0 Å². The highest BCUT2D eigenvalue weighted by Gasteiger charge is 2.05. The first kappa shape index (κ1) is 13.8. The first-order valence-corrected chi connectivity index (χ1v) is 7.11. The molecule has 0 radical (unpaired) electrons. The van der Waals surface area contributed by atoms with Crippen LogP contribution in [0.1, 0.15) is 21.5 Å². The van der Waals surface area contributed by atoms with E-state index in [1.807, 2.05) is 26.0 Å². The zero-order chi connectivity index (χ0) is 13.8. The number of carbonyl (C=O) groups excluding carboxylic acids is 1. The molecule has 0 N–H and O–H groups in total. The molecule has 3 heteroatoms. The molecule has 0 fully saturated rings. The van der Waals surface area contributed by atoms with Gasteiger partial charge in [-0.2, -0.15) is 0 Å². The van der Waals surface area contributed by atoms with Crippen LogP contribution >= 0.6 is 8.58 Å². The normalized spacial score (nSPS) is 10.9. The van der Waals surface area contributed by atoms with Crippen molar-refractivity contribution in [1.29, 1.82) is 0 Å². The van der Waals surface area contributed by atoms with E-state index in [4.69, 9.17) is 4.74 Å². The Bertz CT molecular complexity index is 565. The van der Waals surface area contributed by atoms with Crippen LogP contribution in [0.2, 0.25) is 0 Å². The van der Waals surface area contributed by atoms with Crippen LogP contribution < -0.4 is 15.3 Å². The molecular weight excluding hydrogens is 255 g/mol. The molecule has 2 nitrogen and oxygen atoms in total. The summed E-state index contributed by atoms with van der Waals surface area (Å²) in [6.07, 6.45) is 0.935. The molecule has 0 spiro atoms. The number of aryl methyl sites for hydroxylation is 2. The van der Waals surface area contributed by atoms with Crippen LogP contribution in [-0.2, 0) is 0 Å². The molecule has 0 aromatic heterocycles. The van der Waals surface area contributed by atoms with Crippen LogP contribution in [0.25, 0.3) is 0 Å². The zero-order valence-corrected chi connectivity index (χ0v) is 12.4. The average molecular weight is 272 g/mol. The molecule has 0 bridgehead atoms. The molecule has 0 heterocycles. The van der Waals surface area contributed by atoms with Gasteiger partial charge in [0.1, 0.15) is 5.75 Å². The molecule has 1 unspecified atom stereocenters. The summed E-state index contributed by atoms with van der Waals surface area (Å²) in [7, 11) is 2.26. The standard InChI is InChI=1S/C16H17O2P/c1-11-8-15(9-12(2)16(11)10-17)19-14-6-4-13(18-3)5-7-14/h4-10,19H,1-3H3. The van der Waals surface area contributed by atoms with Gasteiger partial charge in [0.15, 0.2) is 6.29 Å². The minimum absolute atomic E-state index is 0.594. The van der Waals surface area contributed by atoms with Crippen molar-refractivity contribution in [2.24, 2.45) is 0 Å². The number of benzene rings is 2. The van der Waals surface area contributed by atoms with Gasteiger partial charge in [-0.15, -0.1) is 0 Å². The first-order chi connectivity index (χ1) is 9.13. The highest BCUT2D eigenvalue weighted by molar-refractivity contribution is 7.55. The number of hydrogen-bond acceptors (Lipinski definition) is 2. The highest BCUT2D eigenvalue weighted by Crippen LogP contribution is 2.18. The van der Waals surface area contributed by atoms with E-state index in [1.54, 1.807) is 7.11 Å². The molecule has 0 aliphatic heterocycles. The Labute approximate surface area is 115 Å². The molecule has 0 aliphatic carbocycles. The van der Waals surface area contributed by atoms with Gasteiger partial charge in [0.05, 0.1) is 7.11 Å². The molecule has 2 rings (SSSR count). The van der Waals surface area contributed by atoms with E-state index in [0.29, 0.717) is 8.58 Å². The Balaban J connectivity index is 2.25. The van der Waals surface area contributed by atoms with Crippen LogP contribution in [0.3, 0.4) is 0 Å². The van der Waals surface area contributed by atoms with Crippen LogP contribution in [-0.4, -0.2) is 13.4 Å². The highest BCUT2D eigenvalue weighted by atomic mass is 31.1. The van der Waals surface area contributed by atoms with Gasteiger partial charge in [0.25, 0.3) is 0 Å². The predicted octanol–water partition coefficient (Wildman–Crippen LogP) is 2.75. The predicted molar refractivity (Wildman–Crippen MR) is 81.9 cm³/mol. The third-order valence-electron chi connectivity index (χ3n) is 3.09. The largest absolute Gasteiger partial charge is 0.497 e. The lowest BCUT2D eigenvalue weighted by Crippen LogP contribution is -2.07. The van der Waals surface area contributed by atoms with Gasteiger partial charge in [-0.25, -0.2) is 0 Å². The summed E-state index contributed by atoms with van der Waals surface area (Å²) in [4.78, 5) is 11.0. The molecule has 0 saturated heterocycles. The summed E-state index contributed by atoms with van der Waals surface area (Å²) >= 11 is 0. The molecule has 1 atom stereocenters. The van der Waals surface area contributed by atoms with Crippen LogP contribution in [0.5, 0.6) is 5.75 Å². The Morgan fingerprint density at radius 3 is 2.05 bits per heavy atom. The SMILES string of the molecule is COc1ccc(Pc2cc(C)c(C=O)c(C)c2)cc1. The topological polar surface area (TPSA) is 26.3 Å². The van der Waals surface area contributed by atoms with E-state index in [-0.39, 0.29) is 0 Å². The molecule has 98 valence electrons. The van der Waals surface area contributed by atoms with E-state index in [1.165, 1.54) is 10.6 Å². The number of rotatable bonds is 4. The Morgan fingerprint density at radius 1 is 1.00 bits per heavy atom. The summed E-state index contributed by atoms with van der Waals surface area (Å²) in [5.41, 5.74) is 2.90. The van der Waals surface area contributed by atoms with Crippen molar-refractivity contribution >= 4 is 25.5 Å². The van der Waals surface area contributed by atoms with Crippen molar-refractivity contribution < 1.29 is 9.53 Å². The lowest BCUT2D eigenvalue weighted by atomic mass is 10.0. The van der Waals surface area contributed by atoms with Gasteiger partial charge >= 0.3 is 0 Å². The Kier molecular flexibility index (Phi) is 4.34. The Hall–Kier alpha value is -1.66. The maximum atomic E-state index is 11.0. The van der Waals surface area contributed by atoms with Crippen LogP contribution in [0.15, 0.2) is 36.4 Å². The second-order valence-corrected chi connectivity index (χ2v) is 5.90. The van der Waals surface area contributed by atoms with Crippen molar-refractivity contribution in [2.45, 2.75) is 13.8 Å². The molecular formula is C16H17O2P. The fourth-order valence-electron chi connectivity index (χ4n) is 2.07. The lowest BCUT2D eigenvalue weighted by Gasteiger charge is -2.09. The maximum Gasteiger partial charge on any atom is 0.150 e. The van der Waals surface area contributed by atoms with Crippen LogP contribution in [0.4, 0.5) is 0 Å². The summed E-state index contributed by atoms with van der Waals surface area (Å²) in [6.45, 7) is 3.97. The minimum Gasteiger partial charge on any atom is -0.497 e. The van der Waals surface area contributed by atoms with Crippen LogP contribution in [0, 0.1) is 13.8 Å². The summed E-state index contributed by atoms with van der Waals surface area (Å²) in [6, 6.07) is 12.3. The number of carbonyl (C=O) groups is 1. The van der Waals surface area contributed by atoms with E-state index < -0.39 is 0 Å². The van der Waals surface area contributed by atoms with Crippen molar-refractivity contribution in [3.05, 3.63) is 53.1 Å².